The Kier molecular flexibility index (Phi) is 6.90. The minimum atomic E-state index is -0.553. The van der Waals surface area contributed by atoms with Crippen LogP contribution in [-0.4, -0.2) is 46.6 Å². The third-order valence-corrected chi connectivity index (χ3v) is 6.65. The van der Waals surface area contributed by atoms with Crippen LogP contribution in [0.25, 0.3) is 16.6 Å². The first-order valence-corrected chi connectivity index (χ1v) is 12.8. The van der Waals surface area contributed by atoms with Crippen LogP contribution < -0.4 is 25.8 Å². The molecule has 1 aliphatic heterocycles. The molecule has 6 rings (SSSR count). The normalized spacial score (nSPS) is 13.3. The van der Waals surface area contributed by atoms with Gasteiger partial charge in [-0.2, -0.15) is 0 Å². The van der Waals surface area contributed by atoms with E-state index in [1.807, 2.05) is 6.07 Å². The Bertz CT molecular complexity index is 1730. The number of fused-ring (bicyclic) bond motifs is 1. The van der Waals surface area contributed by atoms with Crippen LogP contribution in [-0.2, 0) is 0 Å². The molecule has 1 amide bonds. The van der Waals surface area contributed by atoms with Gasteiger partial charge in [-0.15, -0.1) is 0 Å². The second-order valence-corrected chi connectivity index (χ2v) is 9.26. The first-order chi connectivity index (χ1) is 19.5. The number of hydrogen-bond acceptors (Lipinski definition) is 7. The van der Waals surface area contributed by atoms with E-state index in [1.54, 1.807) is 48.8 Å². The van der Waals surface area contributed by atoms with E-state index in [0.717, 1.165) is 42.9 Å². The van der Waals surface area contributed by atoms with Crippen molar-refractivity contribution in [3.05, 3.63) is 113 Å². The summed E-state index contributed by atoms with van der Waals surface area (Å²) in [6, 6.07) is 19.2. The molecule has 1 aliphatic rings. The van der Waals surface area contributed by atoms with Gasteiger partial charge in [0, 0.05) is 55.3 Å². The second-order valence-electron chi connectivity index (χ2n) is 9.26. The Morgan fingerprint density at radius 1 is 0.975 bits per heavy atom. The highest BCUT2D eigenvalue weighted by Crippen LogP contribution is 2.31. The zero-order chi connectivity index (χ0) is 27.5. The maximum absolute atomic E-state index is 13.3. The summed E-state index contributed by atoms with van der Waals surface area (Å²) in [5.74, 6) is 1.13. The lowest BCUT2D eigenvalue weighted by molar-refractivity contribution is 0.102. The van der Waals surface area contributed by atoms with E-state index in [-0.39, 0.29) is 5.56 Å². The number of anilines is 2. The van der Waals surface area contributed by atoms with Crippen LogP contribution in [0.5, 0.6) is 11.5 Å². The van der Waals surface area contributed by atoms with Crippen molar-refractivity contribution in [1.82, 2.24) is 19.9 Å². The molecule has 0 radical (unpaired) electrons. The molecule has 0 aliphatic carbocycles. The van der Waals surface area contributed by atoms with Gasteiger partial charge in [-0.05, 0) is 72.8 Å². The fraction of sp³-hybridized carbons (Fsp3) is 0.133. The molecule has 9 nitrogen and oxygen atoms in total. The SMILES string of the molecule is O=C(Nc1ccc(Oc2ccnc3cnc(N4CCNCC4)cc23)cc1)c1cccn(-c2ccc(F)cc2)c1=O. The lowest BCUT2D eigenvalue weighted by Crippen LogP contribution is -2.43. The van der Waals surface area contributed by atoms with E-state index < -0.39 is 17.3 Å². The summed E-state index contributed by atoms with van der Waals surface area (Å²) in [6.45, 7) is 3.58. The summed E-state index contributed by atoms with van der Waals surface area (Å²) >= 11 is 0. The Morgan fingerprint density at radius 2 is 1.75 bits per heavy atom. The third kappa shape index (κ3) is 5.25. The average molecular weight is 537 g/mol. The molecule has 3 aromatic heterocycles. The van der Waals surface area contributed by atoms with Crippen LogP contribution in [0.1, 0.15) is 10.4 Å². The van der Waals surface area contributed by atoms with Crippen molar-refractivity contribution in [3.63, 3.8) is 0 Å². The van der Waals surface area contributed by atoms with Crippen molar-refractivity contribution in [2.45, 2.75) is 0 Å². The van der Waals surface area contributed by atoms with E-state index in [4.69, 9.17) is 4.74 Å². The van der Waals surface area contributed by atoms with E-state index in [0.29, 0.717) is 22.9 Å². The number of carbonyl (C=O) groups is 1. The van der Waals surface area contributed by atoms with E-state index >= 15 is 0 Å². The van der Waals surface area contributed by atoms with Crippen LogP contribution in [0.2, 0.25) is 0 Å². The molecular weight excluding hydrogens is 511 g/mol. The number of ether oxygens (including phenoxy) is 1. The minimum Gasteiger partial charge on any atom is -0.457 e. The highest BCUT2D eigenvalue weighted by Gasteiger charge is 2.15. The molecule has 1 saturated heterocycles. The van der Waals surface area contributed by atoms with Gasteiger partial charge in [0.2, 0.25) is 0 Å². The van der Waals surface area contributed by atoms with E-state index in [1.165, 1.54) is 41.1 Å². The number of rotatable bonds is 6. The first kappa shape index (κ1) is 25.2. The van der Waals surface area contributed by atoms with Crippen LogP contribution in [0.15, 0.2) is 96.2 Å². The quantitative estimate of drug-likeness (QED) is 0.332. The minimum absolute atomic E-state index is 0.0377. The van der Waals surface area contributed by atoms with Gasteiger partial charge in [0.1, 0.15) is 28.7 Å². The van der Waals surface area contributed by atoms with Crippen LogP contribution in [0, 0.1) is 5.82 Å². The summed E-state index contributed by atoms with van der Waals surface area (Å²) in [5.41, 5.74) is 1.14. The van der Waals surface area contributed by atoms with Crippen LogP contribution >= 0.6 is 0 Å². The van der Waals surface area contributed by atoms with Crippen molar-refractivity contribution in [3.8, 4) is 17.2 Å². The molecule has 4 heterocycles. The average Bonchev–Trinajstić information content (AvgIpc) is 2.99. The molecule has 40 heavy (non-hydrogen) atoms. The molecule has 0 atom stereocenters. The Hall–Kier alpha value is -5.09. The van der Waals surface area contributed by atoms with Crippen molar-refractivity contribution in [1.29, 1.82) is 0 Å². The van der Waals surface area contributed by atoms with E-state index in [2.05, 4.69) is 25.5 Å². The number of piperazine rings is 1. The predicted molar refractivity (Wildman–Crippen MR) is 151 cm³/mol. The highest BCUT2D eigenvalue weighted by atomic mass is 19.1. The smallest absolute Gasteiger partial charge is 0.267 e. The number of amides is 1. The molecule has 0 spiro atoms. The van der Waals surface area contributed by atoms with Crippen molar-refractivity contribution in [2.24, 2.45) is 0 Å². The standard InChI is InChI=1S/C30H25FN6O3/c31-20-3-7-22(8-4-20)37-15-1-2-24(30(37)39)29(38)35-21-5-9-23(10-6-21)40-27-11-12-33-26-19-34-28(18-25(26)27)36-16-13-32-14-17-36/h1-12,15,18-19,32H,13-14,16-17H2,(H,35,38). The van der Waals surface area contributed by atoms with Gasteiger partial charge < -0.3 is 20.3 Å². The number of halogens is 1. The van der Waals surface area contributed by atoms with Gasteiger partial charge in [0.25, 0.3) is 11.5 Å². The summed E-state index contributed by atoms with van der Waals surface area (Å²) in [7, 11) is 0. The largest absolute Gasteiger partial charge is 0.457 e. The van der Waals surface area contributed by atoms with Gasteiger partial charge >= 0.3 is 0 Å². The van der Waals surface area contributed by atoms with Gasteiger partial charge in [-0.1, -0.05) is 0 Å². The summed E-state index contributed by atoms with van der Waals surface area (Å²) < 4.78 is 20.8. The van der Waals surface area contributed by atoms with Gasteiger partial charge in [0.05, 0.1) is 11.7 Å². The van der Waals surface area contributed by atoms with Crippen LogP contribution in [0.3, 0.4) is 0 Å². The number of hydrogen-bond donors (Lipinski definition) is 2. The topological polar surface area (TPSA) is 101 Å². The summed E-state index contributed by atoms with van der Waals surface area (Å²) in [6.07, 6.45) is 4.97. The number of benzene rings is 2. The first-order valence-electron chi connectivity index (χ1n) is 12.8. The number of aromatic nitrogens is 3. The predicted octanol–water partition coefficient (Wildman–Crippen LogP) is 4.37. The molecule has 5 aromatic rings. The molecule has 10 heteroatoms. The van der Waals surface area contributed by atoms with E-state index in [9.17, 15) is 14.0 Å². The Morgan fingerprint density at radius 3 is 2.52 bits per heavy atom. The Labute approximate surface area is 228 Å². The van der Waals surface area contributed by atoms with Crippen molar-refractivity contribution < 1.29 is 13.9 Å². The number of nitrogens with one attached hydrogen (secondary N) is 2. The fourth-order valence-corrected chi connectivity index (χ4v) is 4.57. The fourth-order valence-electron chi connectivity index (χ4n) is 4.57. The molecular formula is C30H25FN6O3. The maximum Gasteiger partial charge on any atom is 0.267 e. The zero-order valence-corrected chi connectivity index (χ0v) is 21.4. The highest BCUT2D eigenvalue weighted by molar-refractivity contribution is 6.04. The molecule has 2 N–H and O–H groups in total. The molecule has 0 bridgehead atoms. The van der Waals surface area contributed by atoms with Gasteiger partial charge in [-0.25, -0.2) is 9.37 Å². The summed E-state index contributed by atoms with van der Waals surface area (Å²) in [4.78, 5) is 37.1. The Balaban J connectivity index is 1.18. The van der Waals surface area contributed by atoms with Gasteiger partial charge in [0.15, 0.2) is 0 Å². The third-order valence-electron chi connectivity index (χ3n) is 6.65. The van der Waals surface area contributed by atoms with Gasteiger partial charge in [-0.3, -0.25) is 19.1 Å². The number of pyridine rings is 3. The number of carbonyl (C=O) groups excluding carboxylic acids is 1. The molecule has 2 aromatic carbocycles. The number of nitrogens with zero attached hydrogens (tertiary/aromatic N) is 4. The monoisotopic (exact) mass is 536 g/mol. The lowest BCUT2D eigenvalue weighted by Gasteiger charge is -2.28. The maximum atomic E-state index is 13.3. The van der Waals surface area contributed by atoms with Crippen molar-refractivity contribution in [2.75, 3.05) is 36.4 Å². The van der Waals surface area contributed by atoms with Crippen LogP contribution in [0.4, 0.5) is 15.9 Å². The molecule has 1 fully saturated rings. The molecule has 200 valence electrons. The molecule has 0 unspecified atom stereocenters. The summed E-state index contributed by atoms with van der Waals surface area (Å²) in [5, 5.41) is 6.95. The lowest BCUT2D eigenvalue weighted by atomic mass is 10.2. The second kappa shape index (κ2) is 11.0. The zero-order valence-electron chi connectivity index (χ0n) is 21.4. The van der Waals surface area contributed by atoms with Crippen molar-refractivity contribution >= 4 is 28.3 Å². The molecule has 0 saturated carbocycles.